The quantitative estimate of drug-likeness (QED) is 0.860. The topological polar surface area (TPSA) is 49.6 Å². The molecule has 1 heterocycles. The predicted molar refractivity (Wildman–Crippen MR) is 83.6 cm³/mol. The molecule has 2 unspecified atom stereocenters. The summed E-state index contributed by atoms with van der Waals surface area (Å²) >= 11 is 0. The van der Waals surface area contributed by atoms with E-state index < -0.39 is 0 Å². The first-order chi connectivity index (χ1) is 9.45. The maximum atomic E-state index is 12.4. The summed E-state index contributed by atoms with van der Waals surface area (Å²) in [5, 5.41) is 0. The van der Waals surface area contributed by atoms with Crippen molar-refractivity contribution < 1.29 is 4.79 Å². The van der Waals surface area contributed by atoms with Crippen molar-refractivity contribution in [1.29, 1.82) is 0 Å². The van der Waals surface area contributed by atoms with E-state index in [9.17, 15) is 4.79 Å². The summed E-state index contributed by atoms with van der Waals surface area (Å²) in [5.41, 5.74) is 7.31. The van der Waals surface area contributed by atoms with Gasteiger partial charge in [0, 0.05) is 31.5 Å². The smallest absolute Gasteiger partial charge is 0.240 e. The Morgan fingerprint density at radius 2 is 2.00 bits per heavy atom. The average Bonchev–Trinajstić information content (AvgIpc) is 2.36. The van der Waals surface area contributed by atoms with Gasteiger partial charge in [0.15, 0.2) is 0 Å². The molecule has 4 nitrogen and oxygen atoms in total. The van der Waals surface area contributed by atoms with E-state index in [0.717, 1.165) is 18.8 Å². The lowest BCUT2D eigenvalue weighted by molar-refractivity contribution is -0.120. The number of piperidine rings is 1. The van der Waals surface area contributed by atoms with Crippen LogP contribution in [-0.2, 0) is 4.79 Å². The van der Waals surface area contributed by atoms with Crippen LogP contribution in [0.1, 0.15) is 20.3 Å². The van der Waals surface area contributed by atoms with Crippen LogP contribution in [0, 0.1) is 11.8 Å². The normalized spacial score (nSPS) is 23.6. The Labute approximate surface area is 121 Å². The van der Waals surface area contributed by atoms with Crippen LogP contribution in [0.3, 0.4) is 0 Å². The predicted octanol–water partition coefficient (Wildman–Crippen LogP) is 2.21. The zero-order valence-corrected chi connectivity index (χ0v) is 12.7. The number of hydrogen-bond donors (Lipinski definition) is 1. The van der Waals surface area contributed by atoms with E-state index in [4.69, 9.17) is 5.73 Å². The average molecular weight is 275 g/mol. The van der Waals surface area contributed by atoms with E-state index in [1.54, 1.807) is 4.90 Å². The van der Waals surface area contributed by atoms with Crippen molar-refractivity contribution in [2.24, 2.45) is 11.8 Å². The summed E-state index contributed by atoms with van der Waals surface area (Å²) in [7, 11) is 1.81. The Bertz CT molecular complexity index is 465. The molecule has 2 atom stereocenters. The van der Waals surface area contributed by atoms with Crippen molar-refractivity contribution in [2.75, 3.05) is 37.3 Å². The summed E-state index contributed by atoms with van der Waals surface area (Å²) in [4.78, 5) is 16.3. The summed E-state index contributed by atoms with van der Waals surface area (Å²) < 4.78 is 0. The molecule has 0 bridgehead atoms. The minimum absolute atomic E-state index is 0.122. The van der Waals surface area contributed by atoms with Crippen LogP contribution in [0.15, 0.2) is 24.3 Å². The molecule has 1 saturated heterocycles. The fraction of sp³-hybridized carbons (Fsp3) is 0.562. The zero-order valence-electron chi connectivity index (χ0n) is 12.7. The van der Waals surface area contributed by atoms with Gasteiger partial charge in [-0.2, -0.15) is 0 Å². The van der Waals surface area contributed by atoms with Crippen LogP contribution in [0.2, 0.25) is 0 Å². The molecule has 0 spiro atoms. The van der Waals surface area contributed by atoms with Crippen molar-refractivity contribution >= 4 is 17.3 Å². The van der Waals surface area contributed by atoms with Crippen LogP contribution in [-0.4, -0.2) is 37.5 Å². The van der Waals surface area contributed by atoms with Gasteiger partial charge in [-0.1, -0.05) is 19.9 Å². The molecule has 1 aliphatic heterocycles. The number of amides is 1. The van der Waals surface area contributed by atoms with Crippen molar-refractivity contribution in [3.8, 4) is 0 Å². The minimum Gasteiger partial charge on any atom is -0.399 e. The fourth-order valence-electron chi connectivity index (χ4n) is 3.10. The number of carbonyl (C=O) groups is 1. The highest BCUT2D eigenvalue weighted by Crippen LogP contribution is 2.21. The third-order valence-electron chi connectivity index (χ3n) is 3.93. The summed E-state index contributed by atoms with van der Waals surface area (Å²) in [6.45, 7) is 7.03. The van der Waals surface area contributed by atoms with Gasteiger partial charge in [0.05, 0.1) is 6.54 Å². The molecule has 1 aliphatic rings. The van der Waals surface area contributed by atoms with Gasteiger partial charge in [-0.25, -0.2) is 0 Å². The number of nitrogens with zero attached hydrogens (tertiary/aromatic N) is 2. The minimum atomic E-state index is 0.122. The van der Waals surface area contributed by atoms with Crippen molar-refractivity contribution in [1.82, 2.24) is 4.90 Å². The summed E-state index contributed by atoms with van der Waals surface area (Å²) in [6.07, 6.45) is 1.26. The second kappa shape index (κ2) is 6.27. The Kier molecular flexibility index (Phi) is 4.65. The van der Waals surface area contributed by atoms with Crippen LogP contribution < -0.4 is 10.6 Å². The third kappa shape index (κ3) is 3.73. The number of likely N-dealkylation sites (N-methyl/N-ethyl adjacent to an activating group) is 1. The molecule has 2 rings (SSSR count). The number of nitrogens with two attached hydrogens (primary N) is 1. The van der Waals surface area contributed by atoms with E-state index in [0.29, 0.717) is 24.1 Å². The second-order valence-corrected chi connectivity index (χ2v) is 6.19. The lowest BCUT2D eigenvalue weighted by atomic mass is 9.92. The highest BCUT2D eigenvalue weighted by molar-refractivity contribution is 5.94. The summed E-state index contributed by atoms with van der Waals surface area (Å²) in [5.74, 6) is 1.46. The highest BCUT2D eigenvalue weighted by atomic mass is 16.2. The Hall–Kier alpha value is -1.55. The number of benzene rings is 1. The first-order valence-electron chi connectivity index (χ1n) is 7.30. The molecule has 0 aliphatic carbocycles. The Balaban J connectivity index is 1.97. The number of anilines is 2. The van der Waals surface area contributed by atoms with E-state index in [1.807, 2.05) is 31.3 Å². The maximum absolute atomic E-state index is 12.4. The Morgan fingerprint density at radius 1 is 1.35 bits per heavy atom. The van der Waals surface area contributed by atoms with Crippen molar-refractivity contribution in [3.63, 3.8) is 0 Å². The van der Waals surface area contributed by atoms with Gasteiger partial charge in [0.1, 0.15) is 0 Å². The first kappa shape index (κ1) is 14.9. The number of carbonyl (C=O) groups excluding carboxylic acids is 1. The molecule has 110 valence electrons. The SMILES string of the molecule is CC1CC(C)CN(CC(=O)N(C)c2cccc(N)c2)C1. The lowest BCUT2D eigenvalue weighted by Gasteiger charge is -2.35. The summed E-state index contributed by atoms with van der Waals surface area (Å²) in [6, 6.07) is 7.45. The zero-order chi connectivity index (χ0) is 14.7. The van der Waals surface area contributed by atoms with Gasteiger partial charge in [0.25, 0.3) is 0 Å². The maximum Gasteiger partial charge on any atom is 0.240 e. The Morgan fingerprint density at radius 3 is 2.60 bits per heavy atom. The van der Waals surface area contributed by atoms with Crippen LogP contribution >= 0.6 is 0 Å². The number of nitrogen functional groups attached to an aromatic ring is 1. The van der Waals surface area contributed by atoms with Gasteiger partial charge >= 0.3 is 0 Å². The molecule has 1 aromatic carbocycles. The molecule has 1 amide bonds. The lowest BCUT2D eigenvalue weighted by Crippen LogP contribution is -2.45. The monoisotopic (exact) mass is 275 g/mol. The van der Waals surface area contributed by atoms with Crippen molar-refractivity contribution in [3.05, 3.63) is 24.3 Å². The molecule has 2 N–H and O–H groups in total. The van der Waals surface area contributed by atoms with Crippen LogP contribution in [0.5, 0.6) is 0 Å². The molecule has 1 fully saturated rings. The van der Waals surface area contributed by atoms with Gasteiger partial charge in [0.2, 0.25) is 5.91 Å². The standard InChI is InChI=1S/C16H25N3O/c1-12-7-13(2)10-19(9-12)11-16(20)18(3)15-6-4-5-14(17)8-15/h4-6,8,12-13H,7,9-11,17H2,1-3H3. The van der Waals surface area contributed by atoms with Gasteiger partial charge in [-0.15, -0.1) is 0 Å². The molecule has 0 radical (unpaired) electrons. The fourth-order valence-corrected chi connectivity index (χ4v) is 3.10. The molecule has 1 aromatic rings. The van der Waals surface area contributed by atoms with E-state index >= 15 is 0 Å². The number of hydrogen-bond acceptors (Lipinski definition) is 3. The van der Waals surface area contributed by atoms with Crippen molar-refractivity contribution in [2.45, 2.75) is 20.3 Å². The van der Waals surface area contributed by atoms with Gasteiger partial charge < -0.3 is 10.6 Å². The van der Waals surface area contributed by atoms with Crippen LogP contribution in [0.4, 0.5) is 11.4 Å². The largest absolute Gasteiger partial charge is 0.399 e. The number of likely N-dealkylation sites (tertiary alicyclic amines) is 1. The number of rotatable bonds is 3. The first-order valence-corrected chi connectivity index (χ1v) is 7.30. The van der Waals surface area contributed by atoms with Gasteiger partial charge in [-0.05, 0) is 36.5 Å². The molecule has 0 saturated carbocycles. The third-order valence-corrected chi connectivity index (χ3v) is 3.93. The molecular weight excluding hydrogens is 250 g/mol. The van der Waals surface area contributed by atoms with E-state index in [-0.39, 0.29) is 5.91 Å². The molecular formula is C16H25N3O. The van der Waals surface area contributed by atoms with E-state index in [1.165, 1.54) is 6.42 Å². The second-order valence-electron chi connectivity index (χ2n) is 6.19. The molecule has 20 heavy (non-hydrogen) atoms. The van der Waals surface area contributed by atoms with E-state index in [2.05, 4.69) is 18.7 Å². The highest BCUT2D eigenvalue weighted by Gasteiger charge is 2.24. The van der Waals surface area contributed by atoms with Crippen LogP contribution in [0.25, 0.3) is 0 Å². The molecule has 4 heteroatoms. The van der Waals surface area contributed by atoms with Gasteiger partial charge in [-0.3, -0.25) is 9.69 Å². The molecule has 0 aromatic heterocycles.